The van der Waals surface area contributed by atoms with E-state index in [1.165, 1.54) is 6.07 Å². The molecule has 0 saturated carbocycles. The number of nitro benzene ring substituents is 1. The zero-order chi connectivity index (χ0) is 17.8. The Kier molecular flexibility index (Phi) is 6.20. The monoisotopic (exact) mass is 343 g/mol. The number of nitro groups is 1. The molecule has 3 N–H and O–H groups in total. The first-order chi connectivity index (χ1) is 10.5. The summed E-state index contributed by atoms with van der Waals surface area (Å²) in [5.74, 6) is 0.388. The fourth-order valence-electron chi connectivity index (χ4n) is 2.14. The van der Waals surface area contributed by atoms with E-state index in [2.05, 4.69) is 5.32 Å². The van der Waals surface area contributed by atoms with Gasteiger partial charge in [-0.2, -0.15) is 0 Å². The summed E-state index contributed by atoms with van der Waals surface area (Å²) in [6.07, 6.45) is -0.787. The first-order valence-corrected chi connectivity index (χ1v) is 7.59. The van der Waals surface area contributed by atoms with Gasteiger partial charge in [0.2, 0.25) is 0 Å². The molecule has 1 amide bonds. The number of ether oxygens (including phenoxy) is 1. The molecule has 0 unspecified atom stereocenters. The van der Waals surface area contributed by atoms with E-state index in [1.54, 1.807) is 19.9 Å². The standard InChI is InChI=1S/C15H22ClN3O4/c1-9(2)8-18-12-5-10(7-15(3,4)23-14(17)20)13(19(21)22)6-11(12)16/h5-6,9,18H,7-8H2,1-4H3,(H2,17,20). The molecule has 1 rings (SSSR count). The highest BCUT2D eigenvalue weighted by Crippen LogP contribution is 2.33. The Morgan fingerprint density at radius 2 is 2.09 bits per heavy atom. The van der Waals surface area contributed by atoms with Gasteiger partial charge in [-0.15, -0.1) is 0 Å². The molecule has 0 radical (unpaired) electrons. The Balaban J connectivity index is 3.18. The minimum atomic E-state index is -0.972. The fourth-order valence-corrected chi connectivity index (χ4v) is 2.36. The van der Waals surface area contributed by atoms with Crippen LogP contribution in [0.5, 0.6) is 0 Å². The molecule has 0 aliphatic rings. The fraction of sp³-hybridized carbons (Fsp3) is 0.533. The van der Waals surface area contributed by atoms with Crippen molar-refractivity contribution in [3.05, 3.63) is 32.8 Å². The number of benzene rings is 1. The van der Waals surface area contributed by atoms with Gasteiger partial charge in [0.05, 0.1) is 15.6 Å². The average Bonchev–Trinajstić information content (AvgIpc) is 2.36. The second-order valence-corrected chi connectivity index (χ2v) is 6.76. The number of amides is 1. The number of hydrogen-bond donors (Lipinski definition) is 2. The summed E-state index contributed by atoms with van der Waals surface area (Å²) >= 11 is 6.11. The van der Waals surface area contributed by atoms with Gasteiger partial charge < -0.3 is 15.8 Å². The number of carbonyl (C=O) groups is 1. The van der Waals surface area contributed by atoms with Crippen LogP contribution >= 0.6 is 11.6 Å². The van der Waals surface area contributed by atoms with Crippen molar-refractivity contribution in [2.45, 2.75) is 39.7 Å². The van der Waals surface area contributed by atoms with Crippen molar-refractivity contribution in [2.24, 2.45) is 11.7 Å². The van der Waals surface area contributed by atoms with Crippen LogP contribution in [0.2, 0.25) is 5.02 Å². The number of nitrogens with two attached hydrogens (primary N) is 1. The van der Waals surface area contributed by atoms with Gasteiger partial charge in [0.15, 0.2) is 0 Å². The summed E-state index contributed by atoms with van der Waals surface area (Å²) in [6.45, 7) is 8.03. The number of nitrogens with one attached hydrogen (secondary N) is 1. The zero-order valence-electron chi connectivity index (χ0n) is 13.7. The Morgan fingerprint density at radius 3 is 2.57 bits per heavy atom. The van der Waals surface area contributed by atoms with Crippen molar-refractivity contribution in [3.63, 3.8) is 0 Å². The molecular weight excluding hydrogens is 322 g/mol. The molecule has 8 heteroatoms. The summed E-state index contributed by atoms with van der Waals surface area (Å²) in [4.78, 5) is 21.7. The lowest BCUT2D eigenvalue weighted by Crippen LogP contribution is -2.33. The lowest BCUT2D eigenvalue weighted by atomic mass is 9.96. The molecule has 0 atom stereocenters. The minimum absolute atomic E-state index is 0.119. The first kappa shape index (κ1) is 19.0. The summed E-state index contributed by atoms with van der Waals surface area (Å²) in [5, 5.41) is 14.7. The lowest BCUT2D eigenvalue weighted by molar-refractivity contribution is -0.385. The van der Waals surface area contributed by atoms with Crippen molar-refractivity contribution in [3.8, 4) is 0 Å². The molecule has 128 valence electrons. The number of nitrogens with zero attached hydrogens (tertiary/aromatic N) is 1. The summed E-state index contributed by atoms with van der Waals surface area (Å²) in [6, 6.07) is 2.93. The maximum Gasteiger partial charge on any atom is 0.405 e. The van der Waals surface area contributed by atoms with Gasteiger partial charge in [-0.25, -0.2) is 4.79 Å². The van der Waals surface area contributed by atoms with E-state index in [9.17, 15) is 14.9 Å². The van der Waals surface area contributed by atoms with Crippen LogP contribution < -0.4 is 11.1 Å². The molecule has 0 saturated heterocycles. The first-order valence-electron chi connectivity index (χ1n) is 7.21. The highest BCUT2D eigenvalue weighted by Gasteiger charge is 2.28. The topological polar surface area (TPSA) is 107 Å². The van der Waals surface area contributed by atoms with Crippen molar-refractivity contribution >= 4 is 29.1 Å². The quantitative estimate of drug-likeness (QED) is 0.579. The number of primary amides is 1. The SMILES string of the molecule is CC(C)CNc1cc(CC(C)(C)OC(N)=O)c([N+](=O)[O-])cc1Cl. The van der Waals surface area contributed by atoms with E-state index < -0.39 is 16.6 Å². The van der Waals surface area contributed by atoms with E-state index in [4.69, 9.17) is 22.1 Å². The third-order valence-corrected chi connectivity index (χ3v) is 3.37. The van der Waals surface area contributed by atoms with Crippen LogP contribution in [0.4, 0.5) is 16.2 Å². The smallest absolute Gasteiger partial charge is 0.405 e. The molecule has 1 aromatic carbocycles. The van der Waals surface area contributed by atoms with E-state index in [0.29, 0.717) is 23.7 Å². The zero-order valence-corrected chi connectivity index (χ0v) is 14.4. The summed E-state index contributed by atoms with van der Waals surface area (Å²) in [7, 11) is 0. The molecule has 0 aliphatic heterocycles. The van der Waals surface area contributed by atoms with Gasteiger partial charge in [0, 0.05) is 24.6 Å². The largest absolute Gasteiger partial charge is 0.443 e. The van der Waals surface area contributed by atoms with Crippen LogP contribution in [0.1, 0.15) is 33.3 Å². The van der Waals surface area contributed by atoms with Crippen LogP contribution in [0, 0.1) is 16.0 Å². The molecule has 0 aliphatic carbocycles. The third kappa shape index (κ3) is 5.94. The average molecular weight is 344 g/mol. The van der Waals surface area contributed by atoms with Crippen LogP contribution in [-0.2, 0) is 11.2 Å². The summed E-state index contributed by atoms with van der Waals surface area (Å²) in [5.41, 5.74) is 4.97. The van der Waals surface area contributed by atoms with E-state index in [1.807, 2.05) is 13.8 Å². The van der Waals surface area contributed by atoms with Gasteiger partial charge in [0.1, 0.15) is 5.60 Å². The second kappa shape index (κ2) is 7.50. The predicted molar refractivity (Wildman–Crippen MR) is 89.9 cm³/mol. The van der Waals surface area contributed by atoms with E-state index in [-0.39, 0.29) is 17.1 Å². The Labute approximate surface area is 140 Å². The van der Waals surface area contributed by atoms with E-state index in [0.717, 1.165) is 0 Å². The molecule has 0 heterocycles. The van der Waals surface area contributed by atoms with Crippen LogP contribution in [0.25, 0.3) is 0 Å². The van der Waals surface area contributed by atoms with E-state index >= 15 is 0 Å². The number of anilines is 1. The third-order valence-electron chi connectivity index (χ3n) is 3.06. The minimum Gasteiger partial charge on any atom is -0.443 e. The van der Waals surface area contributed by atoms with Crippen LogP contribution in [0.3, 0.4) is 0 Å². The molecule has 7 nitrogen and oxygen atoms in total. The second-order valence-electron chi connectivity index (χ2n) is 6.35. The predicted octanol–water partition coefficient (Wildman–Crippen LogP) is 3.73. The summed E-state index contributed by atoms with van der Waals surface area (Å²) < 4.78 is 5.01. The normalized spacial score (nSPS) is 11.4. The molecule has 0 bridgehead atoms. The molecule has 1 aromatic rings. The Bertz CT molecular complexity index is 603. The van der Waals surface area contributed by atoms with Crippen molar-refractivity contribution in [2.75, 3.05) is 11.9 Å². The lowest BCUT2D eigenvalue weighted by Gasteiger charge is -2.24. The molecule has 23 heavy (non-hydrogen) atoms. The van der Waals surface area contributed by atoms with Gasteiger partial charge in [0.25, 0.3) is 5.69 Å². The Morgan fingerprint density at radius 1 is 1.48 bits per heavy atom. The van der Waals surface area contributed by atoms with Gasteiger partial charge in [-0.1, -0.05) is 25.4 Å². The van der Waals surface area contributed by atoms with Gasteiger partial charge in [-0.05, 0) is 25.8 Å². The van der Waals surface area contributed by atoms with Crippen LogP contribution in [0.15, 0.2) is 12.1 Å². The van der Waals surface area contributed by atoms with Crippen molar-refractivity contribution in [1.82, 2.24) is 0 Å². The number of halogens is 1. The molecular formula is C15H22ClN3O4. The highest BCUT2D eigenvalue weighted by atomic mass is 35.5. The maximum atomic E-state index is 11.3. The van der Waals surface area contributed by atoms with Crippen molar-refractivity contribution < 1.29 is 14.5 Å². The molecule has 0 spiro atoms. The maximum absolute atomic E-state index is 11.3. The highest BCUT2D eigenvalue weighted by molar-refractivity contribution is 6.33. The molecule has 0 aromatic heterocycles. The van der Waals surface area contributed by atoms with Gasteiger partial charge >= 0.3 is 6.09 Å². The van der Waals surface area contributed by atoms with Crippen LogP contribution in [-0.4, -0.2) is 23.2 Å². The molecule has 0 fully saturated rings. The van der Waals surface area contributed by atoms with Gasteiger partial charge in [-0.3, -0.25) is 10.1 Å². The number of carbonyl (C=O) groups excluding carboxylic acids is 1. The number of rotatable bonds is 7. The Hall–Kier alpha value is -2.02. The van der Waals surface area contributed by atoms with Crippen molar-refractivity contribution in [1.29, 1.82) is 0 Å². The number of hydrogen-bond acceptors (Lipinski definition) is 5.